The summed E-state index contributed by atoms with van der Waals surface area (Å²) in [7, 11) is 1.30. The molecule has 0 aromatic heterocycles. The van der Waals surface area contributed by atoms with Crippen molar-refractivity contribution >= 4 is 5.91 Å². The number of hydrogen-bond donors (Lipinski definition) is 1. The fourth-order valence-corrected chi connectivity index (χ4v) is 3.82. The second-order valence-corrected chi connectivity index (χ2v) is 7.74. The highest BCUT2D eigenvalue weighted by molar-refractivity contribution is 5.79. The third-order valence-corrected chi connectivity index (χ3v) is 5.75. The van der Waals surface area contributed by atoms with Crippen molar-refractivity contribution in [2.45, 2.75) is 64.1 Å². The number of carbonyl (C=O) groups is 1. The Morgan fingerprint density at radius 3 is 2.32 bits per heavy atom. The summed E-state index contributed by atoms with van der Waals surface area (Å²) in [5.41, 5.74) is -1.31. The molecule has 28 heavy (non-hydrogen) atoms. The molecule has 0 radical (unpaired) electrons. The molecule has 4 nitrogen and oxygen atoms in total. The Bertz CT molecular complexity index is 663. The smallest absolute Gasteiger partial charge is 0.416 e. The molecule has 0 aliphatic carbocycles. The molecule has 1 aliphatic heterocycles. The Morgan fingerprint density at radius 2 is 1.82 bits per heavy atom. The highest BCUT2D eigenvalue weighted by Gasteiger charge is 2.35. The monoisotopic (exact) mass is 401 g/mol. The van der Waals surface area contributed by atoms with Crippen LogP contribution in [0.25, 0.3) is 0 Å². The molecule has 1 aromatic carbocycles. The minimum Gasteiger partial charge on any atom is -0.497 e. The maximum atomic E-state index is 13.0. The quantitative estimate of drug-likeness (QED) is 0.735. The summed E-state index contributed by atoms with van der Waals surface area (Å²) in [5, 5.41) is 10.8. The molecular formula is C21H30F3NO3. The van der Waals surface area contributed by atoms with Gasteiger partial charge in [-0.05, 0) is 48.9 Å². The molecule has 0 spiro atoms. The number of likely N-dealkylation sites (tertiary alicyclic amines) is 1. The third kappa shape index (κ3) is 5.87. The number of rotatable bonds is 7. The molecule has 1 N–H and O–H groups in total. The number of carbonyl (C=O) groups excluding carboxylic acids is 1. The fourth-order valence-electron chi connectivity index (χ4n) is 3.82. The summed E-state index contributed by atoms with van der Waals surface area (Å²) in [6.07, 6.45) is -0.860. The van der Waals surface area contributed by atoms with E-state index >= 15 is 0 Å². The summed E-state index contributed by atoms with van der Waals surface area (Å²) in [5.74, 6) is 0.312. The number of benzene rings is 1. The van der Waals surface area contributed by atoms with E-state index in [4.69, 9.17) is 4.74 Å². The molecule has 2 rings (SSSR count). The zero-order chi connectivity index (χ0) is 20.9. The van der Waals surface area contributed by atoms with Crippen molar-refractivity contribution < 1.29 is 27.8 Å². The first-order valence-electron chi connectivity index (χ1n) is 9.85. The SMILES string of the molecule is CCC(CC)CC1(O)CCN(C(=O)Cc2cc(OC)cc(C(F)(F)F)c2)CC1. The minimum absolute atomic E-state index is 0.0795. The number of amides is 1. The predicted octanol–water partition coefficient (Wildman–Crippen LogP) is 4.44. The summed E-state index contributed by atoms with van der Waals surface area (Å²) in [6, 6.07) is 3.38. The largest absolute Gasteiger partial charge is 0.497 e. The van der Waals surface area contributed by atoms with Crippen molar-refractivity contribution in [3.63, 3.8) is 0 Å². The zero-order valence-electron chi connectivity index (χ0n) is 16.8. The molecule has 0 saturated carbocycles. The Balaban J connectivity index is 2.01. The normalized spacial score (nSPS) is 17.1. The Labute approximate surface area is 164 Å². The van der Waals surface area contributed by atoms with Crippen LogP contribution in [0, 0.1) is 5.92 Å². The van der Waals surface area contributed by atoms with Crippen LogP contribution in [-0.4, -0.2) is 41.7 Å². The maximum absolute atomic E-state index is 13.0. The van der Waals surface area contributed by atoms with Crippen LogP contribution >= 0.6 is 0 Å². The lowest BCUT2D eigenvalue weighted by Gasteiger charge is -2.40. The fraction of sp³-hybridized carbons (Fsp3) is 0.667. The van der Waals surface area contributed by atoms with Crippen LogP contribution in [-0.2, 0) is 17.4 Å². The van der Waals surface area contributed by atoms with E-state index in [1.54, 1.807) is 4.90 Å². The maximum Gasteiger partial charge on any atom is 0.416 e. The summed E-state index contributed by atoms with van der Waals surface area (Å²) in [6.45, 7) is 5.07. The second kappa shape index (κ2) is 9.16. The first kappa shape index (κ1) is 22.5. The van der Waals surface area contributed by atoms with Crippen molar-refractivity contribution in [2.24, 2.45) is 5.92 Å². The van der Waals surface area contributed by atoms with Crippen molar-refractivity contribution in [2.75, 3.05) is 20.2 Å². The predicted molar refractivity (Wildman–Crippen MR) is 101 cm³/mol. The van der Waals surface area contributed by atoms with Crippen LogP contribution in [0.15, 0.2) is 18.2 Å². The first-order valence-corrected chi connectivity index (χ1v) is 9.85. The number of methoxy groups -OCH3 is 1. The van der Waals surface area contributed by atoms with E-state index in [2.05, 4.69) is 13.8 Å². The molecule has 158 valence electrons. The standard InChI is InChI=1S/C21H30F3NO3/c1-4-15(5-2)14-20(27)6-8-25(9-7-20)19(26)12-16-10-17(21(22,23)24)13-18(11-16)28-3/h10-11,13,15,27H,4-9,12,14H2,1-3H3. The van der Waals surface area contributed by atoms with Gasteiger partial charge in [0.15, 0.2) is 0 Å². The number of nitrogens with zero attached hydrogens (tertiary/aromatic N) is 1. The molecule has 1 saturated heterocycles. The number of halogens is 3. The van der Waals surface area contributed by atoms with Gasteiger partial charge in [-0.25, -0.2) is 0 Å². The summed E-state index contributed by atoms with van der Waals surface area (Å²) < 4.78 is 44.1. The van der Waals surface area contributed by atoms with Gasteiger partial charge in [0.2, 0.25) is 5.91 Å². The molecular weight excluding hydrogens is 371 g/mol. The molecule has 1 heterocycles. The lowest BCUT2D eigenvalue weighted by atomic mass is 9.81. The molecule has 7 heteroatoms. The van der Waals surface area contributed by atoms with E-state index in [9.17, 15) is 23.1 Å². The van der Waals surface area contributed by atoms with Crippen molar-refractivity contribution in [1.82, 2.24) is 4.90 Å². The molecule has 0 atom stereocenters. The molecule has 1 amide bonds. The molecule has 1 aromatic rings. The van der Waals surface area contributed by atoms with Crippen LogP contribution in [0.3, 0.4) is 0 Å². The molecule has 0 unspecified atom stereocenters. The third-order valence-electron chi connectivity index (χ3n) is 5.75. The number of ether oxygens (including phenoxy) is 1. The number of piperidine rings is 1. The van der Waals surface area contributed by atoms with Crippen LogP contribution in [0.5, 0.6) is 5.75 Å². The van der Waals surface area contributed by atoms with Gasteiger partial charge in [-0.15, -0.1) is 0 Å². The van der Waals surface area contributed by atoms with Crippen LogP contribution in [0.4, 0.5) is 13.2 Å². The van der Waals surface area contributed by atoms with Gasteiger partial charge in [0, 0.05) is 13.1 Å². The van der Waals surface area contributed by atoms with E-state index in [-0.39, 0.29) is 23.6 Å². The number of hydrogen-bond acceptors (Lipinski definition) is 3. The molecule has 1 aliphatic rings. The average Bonchev–Trinajstić information content (AvgIpc) is 2.65. The van der Waals surface area contributed by atoms with Crippen molar-refractivity contribution in [3.8, 4) is 5.75 Å². The van der Waals surface area contributed by atoms with E-state index in [0.29, 0.717) is 31.8 Å². The topological polar surface area (TPSA) is 49.8 Å². The Morgan fingerprint density at radius 1 is 1.21 bits per heavy atom. The van der Waals surface area contributed by atoms with Crippen LogP contribution < -0.4 is 4.74 Å². The highest BCUT2D eigenvalue weighted by Crippen LogP contribution is 2.34. The van der Waals surface area contributed by atoms with Gasteiger partial charge in [-0.3, -0.25) is 4.79 Å². The lowest BCUT2D eigenvalue weighted by Crippen LogP contribution is -2.47. The Hall–Kier alpha value is -1.76. The van der Waals surface area contributed by atoms with Gasteiger partial charge in [-0.2, -0.15) is 13.2 Å². The van der Waals surface area contributed by atoms with Crippen molar-refractivity contribution in [1.29, 1.82) is 0 Å². The Kier molecular flexibility index (Phi) is 7.37. The van der Waals surface area contributed by atoms with Crippen LogP contribution in [0.2, 0.25) is 0 Å². The van der Waals surface area contributed by atoms with Gasteiger partial charge in [0.1, 0.15) is 5.75 Å². The van der Waals surface area contributed by atoms with Gasteiger partial charge < -0.3 is 14.7 Å². The molecule has 0 bridgehead atoms. The lowest BCUT2D eigenvalue weighted by molar-refractivity contribution is -0.138. The molecule has 1 fully saturated rings. The van der Waals surface area contributed by atoms with Crippen molar-refractivity contribution in [3.05, 3.63) is 29.3 Å². The summed E-state index contributed by atoms with van der Waals surface area (Å²) >= 11 is 0. The number of alkyl halides is 3. The highest BCUT2D eigenvalue weighted by atomic mass is 19.4. The van der Waals surface area contributed by atoms with E-state index in [1.165, 1.54) is 13.2 Å². The number of aliphatic hydroxyl groups is 1. The van der Waals surface area contributed by atoms with Gasteiger partial charge in [0.05, 0.1) is 24.7 Å². The van der Waals surface area contributed by atoms with Crippen LogP contribution in [0.1, 0.15) is 57.1 Å². The van der Waals surface area contributed by atoms with Gasteiger partial charge in [-0.1, -0.05) is 26.7 Å². The van der Waals surface area contributed by atoms with E-state index in [1.807, 2.05) is 0 Å². The van der Waals surface area contributed by atoms with E-state index in [0.717, 1.165) is 31.4 Å². The van der Waals surface area contributed by atoms with Gasteiger partial charge in [0.25, 0.3) is 0 Å². The summed E-state index contributed by atoms with van der Waals surface area (Å²) in [4.78, 5) is 14.2. The first-order chi connectivity index (χ1) is 13.1. The zero-order valence-corrected chi connectivity index (χ0v) is 16.8. The average molecular weight is 401 g/mol. The second-order valence-electron chi connectivity index (χ2n) is 7.74. The van der Waals surface area contributed by atoms with Gasteiger partial charge >= 0.3 is 6.18 Å². The minimum atomic E-state index is -4.50. The van der Waals surface area contributed by atoms with E-state index < -0.39 is 17.3 Å².